The molecule has 1 aliphatic rings. The van der Waals surface area contributed by atoms with Crippen LogP contribution in [0.3, 0.4) is 0 Å². The number of carbonyl (C=O) groups is 1. The van der Waals surface area contributed by atoms with Gasteiger partial charge in [0.15, 0.2) is 0 Å². The predicted octanol–water partition coefficient (Wildman–Crippen LogP) is 2.12. The Balaban J connectivity index is 1.66. The maximum absolute atomic E-state index is 12.4. The Labute approximate surface area is 151 Å². The van der Waals surface area contributed by atoms with E-state index in [4.69, 9.17) is 0 Å². The molecule has 1 atom stereocenters. The number of nitrogens with zero attached hydrogens (tertiary/aromatic N) is 3. The summed E-state index contributed by atoms with van der Waals surface area (Å²) in [6.07, 6.45) is 2.52. The van der Waals surface area contributed by atoms with Crippen molar-refractivity contribution >= 4 is 32.4 Å². The van der Waals surface area contributed by atoms with E-state index in [9.17, 15) is 13.2 Å². The molecule has 0 aliphatic carbocycles. The third-order valence-corrected chi connectivity index (χ3v) is 6.34. The summed E-state index contributed by atoms with van der Waals surface area (Å²) < 4.78 is 24.7. The molecule has 1 aromatic heterocycles. The average molecular weight is 380 g/mol. The molecule has 0 radical (unpaired) electrons. The predicted molar refractivity (Wildman–Crippen MR) is 97.9 cm³/mol. The Morgan fingerprint density at radius 3 is 2.68 bits per heavy atom. The van der Waals surface area contributed by atoms with E-state index >= 15 is 0 Å². The van der Waals surface area contributed by atoms with Gasteiger partial charge in [0.2, 0.25) is 21.1 Å². The monoisotopic (exact) mass is 380 g/mol. The quantitative estimate of drug-likeness (QED) is 0.877. The van der Waals surface area contributed by atoms with Gasteiger partial charge < -0.3 is 5.32 Å². The standard InChI is InChI=1S/C16H20N4O3S2/c1-11-5-7-12(8-6-11)15-18-19-16(24-15)17-14(21)13-4-3-9-20(10-13)25(2,22)23/h5-8,13H,3-4,9-10H2,1-2H3,(H,17,19,21)/t13-/m1/s1. The van der Waals surface area contributed by atoms with Gasteiger partial charge in [-0.1, -0.05) is 41.2 Å². The van der Waals surface area contributed by atoms with Gasteiger partial charge in [-0.15, -0.1) is 10.2 Å². The fourth-order valence-corrected chi connectivity index (χ4v) is 4.42. The van der Waals surface area contributed by atoms with Crippen molar-refractivity contribution in [3.05, 3.63) is 29.8 Å². The zero-order chi connectivity index (χ0) is 18.0. The van der Waals surface area contributed by atoms with E-state index in [0.717, 1.165) is 16.1 Å². The molecule has 25 heavy (non-hydrogen) atoms. The van der Waals surface area contributed by atoms with Crippen LogP contribution >= 0.6 is 11.3 Å². The lowest BCUT2D eigenvalue weighted by Gasteiger charge is -2.29. The fraction of sp³-hybridized carbons (Fsp3) is 0.438. The van der Waals surface area contributed by atoms with Crippen molar-refractivity contribution in [3.8, 4) is 10.6 Å². The molecule has 2 aromatic rings. The molecule has 1 saturated heterocycles. The number of hydrogen-bond donors (Lipinski definition) is 1. The topological polar surface area (TPSA) is 92.3 Å². The lowest BCUT2D eigenvalue weighted by molar-refractivity contribution is -0.120. The van der Waals surface area contributed by atoms with E-state index in [2.05, 4.69) is 15.5 Å². The van der Waals surface area contributed by atoms with E-state index in [1.165, 1.54) is 21.9 Å². The number of hydrogen-bond acceptors (Lipinski definition) is 6. The van der Waals surface area contributed by atoms with Gasteiger partial charge >= 0.3 is 0 Å². The lowest BCUT2D eigenvalue weighted by Crippen LogP contribution is -2.43. The Hall–Kier alpha value is -1.84. The van der Waals surface area contributed by atoms with Gasteiger partial charge in [0.25, 0.3) is 0 Å². The summed E-state index contributed by atoms with van der Waals surface area (Å²) in [5.74, 6) is -0.574. The first kappa shape index (κ1) is 18.0. The van der Waals surface area contributed by atoms with Crippen molar-refractivity contribution < 1.29 is 13.2 Å². The van der Waals surface area contributed by atoms with Crippen molar-refractivity contribution in [1.29, 1.82) is 0 Å². The maximum Gasteiger partial charge on any atom is 0.230 e. The van der Waals surface area contributed by atoms with Gasteiger partial charge in [-0.2, -0.15) is 0 Å². The van der Waals surface area contributed by atoms with Crippen LogP contribution in [0.2, 0.25) is 0 Å². The summed E-state index contributed by atoms with van der Waals surface area (Å²) >= 11 is 1.30. The number of sulfonamides is 1. The summed E-state index contributed by atoms with van der Waals surface area (Å²) in [6, 6.07) is 7.92. The van der Waals surface area contributed by atoms with Crippen molar-refractivity contribution in [3.63, 3.8) is 0 Å². The van der Waals surface area contributed by atoms with Crippen LogP contribution in [0.4, 0.5) is 5.13 Å². The van der Waals surface area contributed by atoms with E-state index in [-0.39, 0.29) is 18.4 Å². The number of nitrogens with one attached hydrogen (secondary N) is 1. The Bertz CT molecular complexity index is 862. The number of carbonyl (C=O) groups excluding carboxylic acids is 1. The van der Waals surface area contributed by atoms with Gasteiger partial charge in [-0.3, -0.25) is 4.79 Å². The SMILES string of the molecule is Cc1ccc(-c2nnc(NC(=O)[C@@H]3CCCN(S(C)(=O)=O)C3)s2)cc1. The normalized spacial score (nSPS) is 18.9. The molecule has 1 amide bonds. The van der Waals surface area contributed by atoms with Crippen LogP contribution in [0, 0.1) is 12.8 Å². The zero-order valence-electron chi connectivity index (χ0n) is 14.1. The Kier molecular flexibility index (Phi) is 5.16. The number of aryl methyl sites for hydroxylation is 1. The molecule has 1 fully saturated rings. The molecule has 0 bridgehead atoms. The van der Waals surface area contributed by atoms with Gasteiger partial charge in [0.05, 0.1) is 12.2 Å². The van der Waals surface area contributed by atoms with Crippen LogP contribution in [0.1, 0.15) is 18.4 Å². The minimum absolute atomic E-state index is 0.208. The van der Waals surface area contributed by atoms with Crippen LogP contribution in [0.25, 0.3) is 10.6 Å². The van der Waals surface area contributed by atoms with Crippen LogP contribution < -0.4 is 5.32 Å². The number of anilines is 1. The molecule has 1 N–H and O–H groups in total. The molecule has 134 valence electrons. The lowest BCUT2D eigenvalue weighted by atomic mass is 9.99. The highest BCUT2D eigenvalue weighted by molar-refractivity contribution is 7.88. The number of rotatable bonds is 4. The summed E-state index contributed by atoms with van der Waals surface area (Å²) in [7, 11) is -3.27. The van der Waals surface area contributed by atoms with Crippen molar-refractivity contribution in [2.24, 2.45) is 5.92 Å². The first-order chi connectivity index (χ1) is 11.8. The second kappa shape index (κ2) is 7.19. The van der Waals surface area contributed by atoms with Gasteiger partial charge in [-0.05, 0) is 19.8 Å². The van der Waals surface area contributed by atoms with Gasteiger partial charge in [-0.25, -0.2) is 12.7 Å². The Morgan fingerprint density at radius 1 is 1.28 bits per heavy atom. The molecular weight excluding hydrogens is 360 g/mol. The first-order valence-corrected chi connectivity index (χ1v) is 10.7. The second-order valence-electron chi connectivity index (χ2n) is 6.23. The number of amides is 1. The van der Waals surface area contributed by atoms with Gasteiger partial charge in [0.1, 0.15) is 5.01 Å². The third-order valence-electron chi connectivity index (χ3n) is 4.18. The largest absolute Gasteiger partial charge is 0.300 e. The molecule has 1 aromatic carbocycles. The molecular formula is C16H20N4O3S2. The fourth-order valence-electron chi connectivity index (χ4n) is 2.75. The maximum atomic E-state index is 12.4. The van der Waals surface area contributed by atoms with Crippen molar-refractivity contribution in [2.45, 2.75) is 19.8 Å². The number of benzene rings is 1. The van der Waals surface area contributed by atoms with E-state index in [1.54, 1.807) is 0 Å². The van der Waals surface area contributed by atoms with Crippen LogP contribution in [0.15, 0.2) is 24.3 Å². The van der Waals surface area contributed by atoms with E-state index in [0.29, 0.717) is 24.5 Å². The minimum atomic E-state index is -3.27. The van der Waals surface area contributed by atoms with E-state index in [1.807, 2.05) is 31.2 Å². The molecule has 9 heteroatoms. The molecule has 0 unspecified atom stereocenters. The first-order valence-electron chi connectivity index (χ1n) is 7.99. The highest BCUT2D eigenvalue weighted by Gasteiger charge is 2.30. The van der Waals surface area contributed by atoms with Crippen LogP contribution in [0.5, 0.6) is 0 Å². The average Bonchev–Trinajstić information content (AvgIpc) is 3.03. The second-order valence-corrected chi connectivity index (χ2v) is 9.19. The summed E-state index contributed by atoms with van der Waals surface area (Å²) in [5, 5.41) is 12.1. The molecule has 3 rings (SSSR count). The molecule has 2 heterocycles. The van der Waals surface area contributed by atoms with Gasteiger partial charge in [0, 0.05) is 18.7 Å². The third kappa shape index (κ3) is 4.42. The number of piperidine rings is 1. The Morgan fingerprint density at radius 2 is 2.00 bits per heavy atom. The van der Waals surface area contributed by atoms with E-state index < -0.39 is 10.0 Å². The smallest absolute Gasteiger partial charge is 0.230 e. The number of aromatic nitrogens is 2. The van der Waals surface area contributed by atoms with Crippen LogP contribution in [-0.4, -0.2) is 48.2 Å². The van der Waals surface area contributed by atoms with Crippen molar-refractivity contribution in [2.75, 3.05) is 24.7 Å². The van der Waals surface area contributed by atoms with Crippen molar-refractivity contribution in [1.82, 2.24) is 14.5 Å². The highest BCUT2D eigenvalue weighted by Crippen LogP contribution is 2.27. The minimum Gasteiger partial charge on any atom is -0.300 e. The highest BCUT2D eigenvalue weighted by atomic mass is 32.2. The summed E-state index contributed by atoms with van der Waals surface area (Å²) in [6.45, 7) is 2.70. The molecule has 0 spiro atoms. The summed E-state index contributed by atoms with van der Waals surface area (Å²) in [5.41, 5.74) is 2.11. The van der Waals surface area contributed by atoms with Crippen LogP contribution in [-0.2, 0) is 14.8 Å². The molecule has 1 aliphatic heterocycles. The molecule has 0 saturated carbocycles. The zero-order valence-corrected chi connectivity index (χ0v) is 15.7. The summed E-state index contributed by atoms with van der Waals surface area (Å²) in [4.78, 5) is 12.4. The molecule has 7 nitrogen and oxygen atoms in total.